The summed E-state index contributed by atoms with van der Waals surface area (Å²) in [5, 5.41) is 9.95. The zero-order valence-electron chi connectivity index (χ0n) is 9.96. The predicted octanol–water partition coefficient (Wildman–Crippen LogP) is 3.21. The fourth-order valence-corrected chi connectivity index (χ4v) is 2.08. The smallest absolute Gasteiger partial charge is 0.144 e. The number of nitriles is 1. The molecule has 3 heteroatoms. The predicted molar refractivity (Wildman–Crippen MR) is 70.5 cm³/mol. The lowest BCUT2D eigenvalue weighted by Gasteiger charge is -2.05. The van der Waals surface area contributed by atoms with Crippen molar-refractivity contribution >= 4 is 11.0 Å². The molecule has 0 radical (unpaired) electrons. The van der Waals surface area contributed by atoms with Crippen molar-refractivity contribution in [3.63, 3.8) is 0 Å². The van der Waals surface area contributed by atoms with E-state index in [0.29, 0.717) is 5.56 Å². The lowest BCUT2D eigenvalue weighted by molar-refractivity contribution is 1.09. The average Bonchev–Trinajstić information content (AvgIpc) is 2.84. The minimum atomic E-state index is 0.666. The molecule has 2 heterocycles. The first-order chi connectivity index (χ1) is 8.79. The van der Waals surface area contributed by atoms with Gasteiger partial charge in [-0.05, 0) is 48.9 Å². The van der Waals surface area contributed by atoms with Crippen LogP contribution in [0.3, 0.4) is 0 Å². The molecule has 3 rings (SSSR count). The van der Waals surface area contributed by atoms with Crippen molar-refractivity contribution in [2.45, 2.75) is 6.92 Å². The van der Waals surface area contributed by atoms with Crippen molar-refractivity contribution in [2.75, 3.05) is 0 Å². The molecule has 0 spiro atoms. The normalized spacial score (nSPS) is 10.4. The Kier molecular flexibility index (Phi) is 2.35. The van der Waals surface area contributed by atoms with E-state index in [1.165, 1.54) is 5.56 Å². The van der Waals surface area contributed by atoms with Crippen LogP contribution >= 0.6 is 0 Å². The van der Waals surface area contributed by atoms with E-state index in [9.17, 15) is 0 Å². The monoisotopic (exact) mass is 233 g/mol. The SMILES string of the molecule is Cc1ccnc2c1ccn2-c1ccc(C#N)cc1. The third kappa shape index (κ3) is 1.56. The van der Waals surface area contributed by atoms with E-state index in [-0.39, 0.29) is 0 Å². The second kappa shape index (κ2) is 4.01. The molecular weight excluding hydrogens is 222 g/mol. The van der Waals surface area contributed by atoms with Crippen molar-refractivity contribution in [2.24, 2.45) is 0 Å². The van der Waals surface area contributed by atoms with Gasteiger partial charge < -0.3 is 4.57 Å². The molecular formula is C15H11N3. The first kappa shape index (κ1) is 10.5. The zero-order chi connectivity index (χ0) is 12.5. The van der Waals surface area contributed by atoms with Crippen LogP contribution in [-0.4, -0.2) is 9.55 Å². The minimum absolute atomic E-state index is 0.666. The first-order valence-electron chi connectivity index (χ1n) is 5.73. The second-order valence-corrected chi connectivity index (χ2v) is 4.21. The molecule has 0 N–H and O–H groups in total. The molecule has 0 amide bonds. The largest absolute Gasteiger partial charge is 0.301 e. The van der Waals surface area contributed by atoms with Crippen LogP contribution < -0.4 is 0 Å². The first-order valence-corrected chi connectivity index (χ1v) is 5.73. The van der Waals surface area contributed by atoms with Crippen LogP contribution in [0.25, 0.3) is 16.7 Å². The molecule has 0 bridgehead atoms. The molecule has 0 atom stereocenters. The van der Waals surface area contributed by atoms with Gasteiger partial charge in [0.15, 0.2) is 0 Å². The summed E-state index contributed by atoms with van der Waals surface area (Å²) in [6.45, 7) is 2.08. The molecule has 0 aliphatic carbocycles. The number of aromatic nitrogens is 2. The van der Waals surface area contributed by atoms with Crippen LogP contribution in [0.2, 0.25) is 0 Å². The fourth-order valence-electron chi connectivity index (χ4n) is 2.08. The Morgan fingerprint density at radius 1 is 1.11 bits per heavy atom. The van der Waals surface area contributed by atoms with Crippen LogP contribution in [0, 0.1) is 18.3 Å². The number of rotatable bonds is 1. The van der Waals surface area contributed by atoms with Gasteiger partial charge in [-0.15, -0.1) is 0 Å². The van der Waals surface area contributed by atoms with Crippen LogP contribution in [0.15, 0.2) is 48.8 Å². The van der Waals surface area contributed by atoms with Gasteiger partial charge in [-0.1, -0.05) is 0 Å². The van der Waals surface area contributed by atoms with Gasteiger partial charge in [0.2, 0.25) is 0 Å². The Hall–Kier alpha value is -2.60. The Morgan fingerprint density at radius 3 is 2.61 bits per heavy atom. The van der Waals surface area contributed by atoms with Crippen LogP contribution in [0.4, 0.5) is 0 Å². The summed E-state index contributed by atoms with van der Waals surface area (Å²) in [7, 11) is 0. The summed E-state index contributed by atoms with van der Waals surface area (Å²) in [5.74, 6) is 0. The van der Waals surface area contributed by atoms with Gasteiger partial charge in [-0.3, -0.25) is 0 Å². The maximum Gasteiger partial charge on any atom is 0.144 e. The topological polar surface area (TPSA) is 41.6 Å². The molecule has 0 unspecified atom stereocenters. The number of hydrogen-bond acceptors (Lipinski definition) is 2. The van der Waals surface area contributed by atoms with Crippen molar-refractivity contribution in [1.29, 1.82) is 5.26 Å². The van der Waals surface area contributed by atoms with Crippen LogP contribution in [0.1, 0.15) is 11.1 Å². The summed E-state index contributed by atoms with van der Waals surface area (Å²) in [4.78, 5) is 4.42. The summed E-state index contributed by atoms with van der Waals surface area (Å²) in [5.41, 5.74) is 3.84. The molecule has 0 aliphatic heterocycles. The average molecular weight is 233 g/mol. The van der Waals surface area contributed by atoms with Gasteiger partial charge in [-0.2, -0.15) is 5.26 Å². The summed E-state index contributed by atoms with van der Waals surface area (Å²) >= 11 is 0. The molecule has 3 nitrogen and oxygen atoms in total. The van der Waals surface area contributed by atoms with Gasteiger partial charge in [-0.25, -0.2) is 4.98 Å². The maximum absolute atomic E-state index is 8.80. The molecule has 86 valence electrons. The highest BCUT2D eigenvalue weighted by Gasteiger charge is 2.05. The number of aryl methyl sites for hydroxylation is 1. The maximum atomic E-state index is 8.80. The number of nitrogens with zero attached hydrogens (tertiary/aromatic N) is 3. The van der Waals surface area contributed by atoms with Crippen molar-refractivity contribution in [3.05, 3.63) is 59.9 Å². The number of hydrogen-bond donors (Lipinski definition) is 0. The Morgan fingerprint density at radius 2 is 1.89 bits per heavy atom. The molecule has 0 saturated heterocycles. The van der Waals surface area contributed by atoms with E-state index < -0.39 is 0 Å². The van der Waals surface area contributed by atoms with E-state index in [1.54, 1.807) is 0 Å². The minimum Gasteiger partial charge on any atom is -0.301 e. The van der Waals surface area contributed by atoms with E-state index in [2.05, 4.69) is 24.0 Å². The Balaban J connectivity index is 2.20. The second-order valence-electron chi connectivity index (χ2n) is 4.21. The third-order valence-electron chi connectivity index (χ3n) is 3.08. The Labute approximate surface area is 105 Å². The third-order valence-corrected chi connectivity index (χ3v) is 3.08. The van der Waals surface area contributed by atoms with Crippen molar-refractivity contribution in [1.82, 2.24) is 9.55 Å². The van der Waals surface area contributed by atoms with Crippen LogP contribution in [0.5, 0.6) is 0 Å². The van der Waals surface area contributed by atoms with E-state index in [4.69, 9.17) is 5.26 Å². The highest BCUT2D eigenvalue weighted by atomic mass is 15.0. The van der Waals surface area contributed by atoms with Gasteiger partial charge in [0.25, 0.3) is 0 Å². The fraction of sp³-hybridized carbons (Fsp3) is 0.0667. The summed E-state index contributed by atoms with van der Waals surface area (Å²) < 4.78 is 2.03. The molecule has 2 aromatic heterocycles. The zero-order valence-corrected chi connectivity index (χ0v) is 9.96. The van der Waals surface area contributed by atoms with E-state index >= 15 is 0 Å². The van der Waals surface area contributed by atoms with Crippen molar-refractivity contribution in [3.8, 4) is 11.8 Å². The molecule has 0 fully saturated rings. The molecule has 18 heavy (non-hydrogen) atoms. The summed E-state index contributed by atoms with van der Waals surface area (Å²) in [6, 6.07) is 13.7. The number of benzene rings is 1. The molecule has 1 aromatic carbocycles. The van der Waals surface area contributed by atoms with Crippen LogP contribution in [-0.2, 0) is 0 Å². The highest BCUT2D eigenvalue weighted by Crippen LogP contribution is 2.21. The molecule has 3 aromatic rings. The molecule has 0 saturated carbocycles. The van der Waals surface area contributed by atoms with Gasteiger partial charge in [0.05, 0.1) is 11.6 Å². The highest BCUT2D eigenvalue weighted by molar-refractivity contribution is 5.81. The van der Waals surface area contributed by atoms with Gasteiger partial charge >= 0.3 is 0 Å². The summed E-state index contributed by atoms with van der Waals surface area (Å²) in [6.07, 6.45) is 3.82. The van der Waals surface area contributed by atoms with E-state index in [0.717, 1.165) is 16.7 Å². The van der Waals surface area contributed by atoms with E-state index in [1.807, 2.05) is 47.3 Å². The molecule has 0 aliphatic rings. The van der Waals surface area contributed by atoms with Crippen molar-refractivity contribution < 1.29 is 0 Å². The lowest BCUT2D eigenvalue weighted by atomic mass is 10.2. The number of pyridine rings is 1. The quantitative estimate of drug-likeness (QED) is 0.647. The van der Waals surface area contributed by atoms with Gasteiger partial charge in [0.1, 0.15) is 5.65 Å². The number of fused-ring (bicyclic) bond motifs is 1. The standard InChI is InChI=1S/C15H11N3/c1-11-6-8-17-15-14(11)7-9-18(15)13-4-2-12(10-16)3-5-13/h2-9H,1H3. The van der Waals surface area contributed by atoms with Gasteiger partial charge in [0, 0.05) is 23.5 Å². The lowest BCUT2D eigenvalue weighted by Crippen LogP contribution is -1.93. The Bertz CT molecular complexity index is 745.